The van der Waals surface area contributed by atoms with Gasteiger partial charge in [-0.2, -0.15) is 0 Å². The summed E-state index contributed by atoms with van der Waals surface area (Å²) in [6, 6.07) is 9.95. The van der Waals surface area contributed by atoms with E-state index >= 15 is 0 Å². The summed E-state index contributed by atoms with van der Waals surface area (Å²) >= 11 is 0. The number of carbonyl (C=O) groups is 1. The molecule has 0 unspecified atom stereocenters. The fourth-order valence-electron chi connectivity index (χ4n) is 3.55. The van der Waals surface area contributed by atoms with Crippen molar-refractivity contribution >= 4 is 35.8 Å². The number of nitrogens with one attached hydrogen (secondary N) is 2. The van der Waals surface area contributed by atoms with Crippen LogP contribution < -0.4 is 10.6 Å². The molecule has 6 heteroatoms. The zero-order valence-electron chi connectivity index (χ0n) is 14.3. The molecule has 24 heavy (non-hydrogen) atoms. The molecule has 3 rings (SSSR count). The lowest BCUT2D eigenvalue weighted by atomic mass is 9.68. The molecule has 0 radical (unpaired) electrons. The van der Waals surface area contributed by atoms with Crippen molar-refractivity contribution in [2.75, 3.05) is 26.7 Å². The third-order valence-corrected chi connectivity index (χ3v) is 5.10. The van der Waals surface area contributed by atoms with Gasteiger partial charge in [-0.05, 0) is 30.2 Å². The number of hydrogen-bond donors (Lipinski definition) is 2. The van der Waals surface area contributed by atoms with Gasteiger partial charge >= 0.3 is 0 Å². The molecule has 1 aromatic rings. The summed E-state index contributed by atoms with van der Waals surface area (Å²) in [6.07, 6.45) is 5.31. The van der Waals surface area contributed by atoms with Crippen molar-refractivity contribution in [1.29, 1.82) is 0 Å². The van der Waals surface area contributed by atoms with Crippen LogP contribution in [0.2, 0.25) is 0 Å². The number of guanidine groups is 1. The molecule has 2 aliphatic rings. The van der Waals surface area contributed by atoms with Gasteiger partial charge in [-0.15, -0.1) is 24.0 Å². The van der Waals surface area contributed by atoms with Gasteiger partial charge in [-0.1, -0.05) is 36.8 Å². The summed E-state index contributed by atoms with van der Waals surface area (Å²) in [7, 11) is 1.79. The molecule has 1 amide bonds. The van der Waals surface area contributed by atoms with E-state index in [9.17, 15) is 4.79 Å². The molecule has 0 bridgehead atoms. The average molecular weight is 442 g/mol. The highest BCUT2D eigenvalue weighted by molar-refractivity contribution is 14.0. The number of nitrogens with zero attached hydrogens (tertiary/aromatic N) is 2. The van der Waals surface area contributed by atoms with Crippen LogP contribution in [0.1, 0.15) is 31.2 Å². The monoisotopic (exact) mass is 442 g/mol. The molecule has 2 N–H and O–H groups in total. The predicted octanol–water partition coefficient (Wildman–Crippen LogP) is 2.37. The summed E-state index contributed by atoms with van der Waals surface area (Å²) in [4.78, 5) is 18.6. The molecule has 2 fully saturated rings. The molecular formula is C18H27IN4O. The maximum absolute atomic E-state index is 12.0. The lowest BCUT2D eigenvalue weighted by molar-refractivity contribution is -0.120. The fraction of sp³-hybridized carbons (Fsp3) is 0.556. The van der Waals surface area contributed by atoms with Gasteiger partial charge in [0.1, 0.15) is 0 Å². The van der Waals surface area contributed by atoms with E-state index < -0.39 is 0 Å². The smallest absolute Gasteiger partial charge is 0.239 e. The Morgan fingerprint density at radius 1 is 1.21 bits per heavy atom. The fourth-order valence-corrected chi connectivity index (χ4v) is 3.55. The zero-order chi connectivity index (χ0) is 16.1. The molecule has 1 aromatic carbocycles. The highest BCUT2D eigenvalue weighted by Crippen LogP contribution is 2.47. The number of halogens is 1. The topological polar surface area (TPSA) is 56.7 Å². The van der Waals surface area contributed by atoms with Crippen LogP contribution in [0, 0.1) is 5.41 Å². The predicted molar refractivity (Wildman–Crippen MR) is 108 cm³/mol. The second-order valence-corrected chi connectivity index (χ2v) is 6.69. The number of likely N-dealkylation sites (tertiary alicyclic amines) is 1. The third kappa shape index (κ3) is 4.62. The van der Waals surface area contributed by atoms with Crippen molar-refractivity contribution in [3.05, 3.63) is 35.9 Å². The first-order valence-corrected chi connectivity index (χ1v) is 8.47. The number of rotatable bonds is 4. The number of benzene rings is 1. The van der Waals surface area contributed by atoms with E-state index in [2.05, 4.69) is 20.5 Å². The van der Waals surface area contributed by atoms with Crippen molar-refractivity contribution in [1.82, 2.24) is 15.5 Å². The first-order valence-electron chi connectivity index (χ1n) is 8.47. The van der Waals surface area contributed by atoms with Crippen LogP contribution in [0.4, 0.5) is 0 Å². The number of amides is 1. The summed E-state index contributed by atoms with van der Waals surface area (Å²) in [6.45, 7) is 2.96. The molecule has 1 heterocycles. The summed E-state index contributed by atoms with van der Waals surface area (Å²) < 4.78 is 0. The van der Waals surface area contributed by atoms with Crippen LogP contribution in [0.5, 0.6) is 0 Å². The number of aliphatic imine (C=N–C) groups is 1. The van der Waals surface area contributed by atoms with Gasteiger partial charge < -0.3 is 15.5 Å². The van der Waals surface area contributed by atoms with Crippen molar-refractivity contribution < 1.29 is 4.79 Å². The second kappa shape index (κ2) is 8.69. The Hall–Kier alpha value is -1.31. The molecule has 0 aromatic heterocycles. The number of carbonyl (C=O) groups excluding carboxylic acids is 1. The van der Waals surface area contributed by atoms with Gasteiger partial charge in [0.25, 0.3) is 0 Å². The van der Waals surface area contributed by atoms with Gasteiger partial charge in [0, 0.05) is 26.7 Å². The molecule has 1 aliphatic heterocycles. The summed E-state index contributed by atoms with van der Waals surface area (Å²) in [5.41, 5.74) is 1.64. The van der Waals surface area contributed by atoms with E-state index in [-0.39, 0.29) is 36.4 Å². The Bertz CT molecular complexity index is 572. The Morgan fingerprint density at radius 3 is 2.54 bits per heavy atom. The van der Waals surface area contributed by atoms with Crippen LogP contribution in [-0.2, 0) is 11.3 Å². The van der Waals surface area contributed by atoms with E-state index in [4.69, 9.17) is 0 Å². The molecule has 5 nitrogen and oxygen atoms in total. The van der Waals surface area contributed by atoms with Gasteiger partial charge in [-0.25, -0.2) is 0 Å². The lowest BCUT2D eigenvalue weighted by Crippen LogP contribution is -2.45. The van der Waals surface area contributed by atoms with E-state index in [0.29, 0.717) is 12.0 Å². The minimum Gasteiger partial charge on any atom is -0.350 e. The maximum atomic E-state index is 12.0. The molecule has 1 saturated carbocycles. The Balaban J connectivity index is 0.00000208. The minimum absolute atomic E-state index is 0. The minimum atomic E-state index is -0.00689. The van der Waals surface area contributed by atoms with Crippen molar-refractivity contribution in [2.24, 2.45) is 10.4 Å². The van der Waals surface area contributed by atoms with Crippen LogP contribution in [0.25, 0.3) is 0 Å². The highest BCUT2D eigenvalue weighted by Gasteiger charge is 2.43. The van der Waals surface area contributed by atoms with Crippen LogP contribution in [-0.4, -0.2) is 43.4 Å². The quantitative estimate of drug-likeness (QED) is 0.428. The average Bonchev–Trinajstić information content (AvgIpc) is 3.00. The van der Waals surface area contributed by atoms with Crippen LogP contribution >= 0.6 is 24.0 Å². The van der Waals surface area contributed by atoms with E-state index in [1.54, 1.807) is 7.05 Å². The maximum Gasteiger partial charge on any atom is 0.239 e. The number of hydrogen-bond acceptors (Lipinski definition) is 2. The summed E-state index contributed by atoms with van der Waals surface area (Å²) in [5, 5.41) is 6.13. The normalized spacial score (nSPS) is 18.7. The van der Waals surface area contributed by atoms with Crippen molar-refractivity contribution in [2.45, 2.75) is 32.2 Å². The van der Waals surface area contributed by atoms with E-state index in [1.807, 2.05) is 30.3 Å². The zero-order valence-corrected chi connectivity index (χ0v) is 16.6. The third-order valence-electron chi connectivity index (χ3n) is 5.10. The molecule has 0 atom stereocenters. The Morgan fingerprint density at radius 2 is 1.96 bits per heavy atom. The van der Waals surface area contributed by atoms with Gasteiger partial charge in [-0.3, -0.25) is 9.79 Å². The summed E-state index contributed by atoms with van der Waals surface area (Å²) in [5.74, 6) is 0.844. The van der Waals surface area contributed by atoms with Crippen molar-refractivity contribution in [3.8, 4) is 0 Å². The molecule has 1 spiro atoms. The van der Waals surface area contributed by atoms with Gasteiger partial charge in [0.2, 0.25) is 5.91 Å². The standard InChI is InChI=1S/C18H26N4O.HI/c1-19-17(22-11-10-18(14-22)8-5-9-18)21-13-16(23)20-12-15-6-3-2-4-7-15;/h2-4,6-7H,5,8-14H2,1H3,(H,19,21)(H,20,23);1H. The highest BCUT2D eigenvalue weighted by atomic mass is 127. The molecular weight excluding hydrogens is 415 g/mol. The van der Waals surface area contributed by atoms with Crippen LogP contribution in [0.15, 0.2) is 35.3 Å². The van der Waals surface area contributed by atoms with Gasteiger partial charge in [0.15, 0.2) is 5.96 Å². The van der Waals surface area contributed by atoms with Crippen molar-refractivity contribution in [3.63, 3.8) is 0 Å². The second-order valence-electron chi connectivity index (χ2n) is 6.69. The molecule has 132 valence electrons. The SMILES string of the molecule is CN=C(NCC(=O)NCc1ccccc1)N1CCC2(CCC2)C1.I. The largest absolute Gasteiger partial charge is 0.350 e. The van der Waals surface area contributed by atoms with Crippen LogP contribution in [0.3, 0.4) is 0 Å². The van der Waals surface area contributed by atoms with E-state index in [0.717, 1.165) is 24.6 Å². The Kier molecular flexibility index (Phi) is 6.89. The first-order chi connectivity index (χ1) is 11.2. The molecule has 1 saturated heterocycles. The van der Waals surface area contributed by atoms with E-state index in [1.165, 1.54) is 25.7 Å². The first kappa shape index (κ1) is 19.0. The molecule has 1 aliphatic carbocycles. The van der Waals surface area contributed by atoms with Gasteiger partial charge in [0.05, 0.1) is 6.54 Å². The lowest BCUT2D eigenvalue weighted by Gasteiger charge is -2.38. The Labute approximate surface area is 161 Å².